The first-order valence-electron chi connectivity index (χ1n) is 3.51. The first-order chi connectivity index (χ1) is 6.11. The van der Waals surface area contributed by atoms with E-state index in [1.807, 2.05) is 0 Å². The Morgan fingerprint density at radius 3 is 2.36 bits per heavy atom. The molecule has 1 aromatic carbocycles. The summed E-state index contributed by atoms with van der Waals surface area (Å²) >= 11 is 0. The van der Waals surface area contributed by atoms with Crippen LogP contribution >= 0.6 is 12.4 Å². The van der Waals surface area contributed by atoms with E-state index >= 15 is 0 Å². The molecular weight excluding hydrogens is 206 g/mol. The highest BCUT2D eigenvalue weighted by Crippen LogP contribution is 2.16. The van der Waals surface area contributed by atoms with Gasteiger partial charge in [0.15, 0.2) is 5.96 Å². The van der Waals surface area contributed by atoms with E-state index in [0.29, 0.717) is 0 Å². The molecule has 76 valence electrons. The molecule has 0 saturated carbocycles. The predicted molar refractivity (Wildman–Crippen MR) is 53.5 cm³/mol. The van der Waals surface area contributed by atoms with Crippen molar-refractivity contribution >= 4 is 30.0 Å². The first kappa shape index (κ1) is 12.2. The van der Waals surface area contributed by atoms with Gasteiger partial charge in [-0.05, 0) is 6.07 Å². The van der Waals surface area contributed by atoms with Gasteiger partial charge in [0.05, 0.1) is 11.7 Å². The number of carboxylic acid groups (broad SMARTS) is 1. The fraction of sp³-hybridized carbons (Fsp3) is 0. The second kappa shape index (κ2) is 5.08. The molecule has 1 aromatic rings. The van der Waals surface area contributed by atoms with Crippen LogP contribution in [-0.4, -0.2) is 11.9 Å². The standard InChI is InChI=1S/C8H9N3O2.ClH/c9-8(10)11-6-4-2-1-3-5(6)7(12)13;/h1-4H,(H,12,13)(H4,9,10,11);1H/p-1. The van der Waals surface area contributed by atoms with Gasteiger partial charge in [0.2, 0.25) is 0 Å². The van der Waals surface area contributed by atoms with Crippen LogP contribution in [0.1, 0.15) is 10.4 Å². The van der Waals surface area contributed by atoms with Crippen LogP contribution in [0.2, 0.25) is 0 Å². The normalized spacial score (nSPS) is 8.57. The molecule has 0 fully saturated rings. The minimum absolute atomic E-state index is 0. The molecule has 14 heavy (non-hydrogen) atoms. The Hall–Kier alpha value is -1.75. The third-order valence-corrected chi connectivity index (χ3v) is 1.37. The number of carbonyl (C=O) groups excluding carboxylic acids is 1. The Morgan fingerprint density at radius 2 is 1.86 bits per heavy atom. The van der Waals surface area contributed by atoms with Crippen LogP contribution in [0.4, 0.5) is 5.69 Å². The maximum atomic E-state index is 10.5. The summed E-state index contributed by atoms with van der Waals surface area (Å²) in [6, 6.07) is 6.06. The van der Waals surface area contributed by atoms with E-state index in [0.717, 1.165) is 0 Å². The summed E-state index contributed by atoms with van der Waals surface area (Å²) in [5.74, 6) is -1.49. The van der Waals surface area contributed by atoms with E-state index < -0.39 is 5.97 Å². The molecule has 0 spiro atoms. The molecule has 0 atom stereocenters. The highest BCUT2D eigenvalue weighted by molar-refractivity contribution is 5.93. The molecule has 0 aromatic heterocycles. The van der Waals surface area contributed by atoms with Crippen LogP contribution in [0.5, 0.6) is 0 Å². The topological polar surface area (TPSA) is 105 Å². The van der Waals surface area contributed by atoms with Gasteiger partial charge in [-0.2, -0.15) is 0 Å². The summed E-state index contributed by atoms with van der Waals surface area (Å²) in [7, 11) is 0. The molecule has 0 amide bonds. The van der Waals surface area contributed by atoms with Gasteiger partial charge in [0.25, 0.3) is 0 Å². The highest BCUT2D eigenvalue weighted by atomic mass is 35.5. The van der Waals surface area contributed by atoms with Crippen LogP contribution in [0.3, 0.4) is 0 Å². The molecule has 0 heterocycles. The lowest BCUT2D eigenvalue weighted by atomic mass is 10.2. The summed E-state index contributed by atoms with van der Waals surface area (Å²) in [5.41, 5.74) is 10.4. The molecule has 0 unspecified atom stereocenters. The number of nitrogens with zero attached hydrogens (tertiary/aromatic N) is 1. The third kappa shape index (κ3) is 2.95. The summed E-state index contributed by atoms with van der Waals surface area (Å²) in [4.78, 5) is 14.2. The van der Waals surface area contributed by atoms with Gasteiger partial charge in [-0.3, -0.25) is 0 Å². The van der Waals surface area contributed by atoms with Crippen molar-refractivity contribution in [3.05, 3.63) is 29.8 Å². The molecule has 0 radical (unpaired) electrons. The molecular formula is C8H9ClN3O2-. The number of hydrogen-bond donors (Lipinski definition) is 2. The van der Waals surface area contributed by atoms with Gasteiger partial charge < -0.3 is 21.4 Å². The van der Waals surface area contributed by atoms with Crippen molar-refractivity contribution in [2.45, 2.75) is 0 Å². The Morgan fingerprint density at radius 1 is 1.29 bits per heavy atom. The number of rotatable bonds is 2. The number of guanidine groups is 1. The lowest BCUT2D eigenvalue weighted by molar-refractivity contribution is -0.254. The average Bonchev–Trinajstić information content (AvgIpc) is 2.03. The van der Waals surface area contributed by atoms with E-state index in [1.54, 1.807) is 12.1 Å². The van der Waals surface area contributed by atoms with Crippen LogP contribution in [0.25, 0.3) is 0 Å². The van der Waals surface area contributed by atoms with Crippen molar-refractivity contribution in [3.63, 3.8) is 0 Å². The van der Waals surface area contributed by atoms with E-state index in [2.05, 4.69) is 4.99 Å². The predicted octanol–water partition coefficient (Wildman–Crippen LogP) is -0.623. The quantitative estimate of drug-likeness (QED) is 0.506. The summed E-state index contributed by atoms with van der Waals surface area (Å²) in [6.07, 6.45) is 0. The second-order valence-electron chi connectivity index (χ2n) is 2.34. The smallest absolute Gasteiger partial charge is 0.191 e. The van der Waals surface area contributed by atoms with Gasteiger partial charge in [0.1, 0.15) is 0 Å². The van der Waals surface area contributed by atoms with Crippen molar-refractivity contribution in [1.82, 2.24) is 0 Å². The molecule has 5 nitrogen and oxygen atoms in total. The van der Waals surface area contributed by atoms with Crippen molar-refractivity contribution < 1.29 is 9.90 Å². The summed E-state index contributed by atoms with van der Waals surface area (Å²) in [6.45, 7) is 0. The van der Waals surface area contributed by atoms with Gasteiger partial charge in [0, 0.05) is 5.56 Å². The molecule has 0 bridgehead atoms. The van der Waals surface area contributed by atoms with Crippen molar-refractivity contribution in [2.75, 3.05) is 0 Å². The van der Waals surface area contributed by atoms with Gasteiger partial charge >= 0.3 is 0 Å². The number of benzene rings is 1. The maximum absolute atomic E-state index is 10.5. The molecule has 0 aliphatic rings. The van der Waals surface area contributed by atoms with E-state index in [4.69, 9.17) is 11.5 Å². The zero-order valence-electron chi connectivity index (χ0n) is 7.14. The lowest BCUT2D eigenvalue weighted by Gasteiger charge is -2.05. The van der Waals surface area contributed by atoms with Gasteiger partial charge in [-0.25, -0.2) is 4.99 Å². The minimum Gasteiger partial charge on any atom is -0.545 e. The Balaban J connectivity index is 0.00000169. The monoisotopic (exact) mass is 214 g/mol. The molecule has 4 N–H and O–H groups in total. The Labute approximate surface area is 86.8 Å². The third-order valence-electron chi connectivity index (χ3n) is 1.37. The van der Waals surface area contributed by atoms with E-state index in [1.165, 1.54) is 12.1 Å². The fourth-order valence-corrected chi connectivity index (χ4v) is 0.883. The number of para-hydroxylation sites is 1. The number of halogens is 1. The zero-order chi connectivity index (χ0) is 9.84. The molecule has 0 aliphatic heterocycles. The number of carbonyl (C=O) groups is 1. The van der Waals surface area contributed by atoms with Gasteiger partial charge in [-0.15, -0.1) is 12.4 Å². The van der Waals surface area contributed by atoms with Crippen LogP contribution in [0, 0.1) is 0 Å². The largest absolute Gasteiger partial charge is 0.545 e. The van der Waals surface area contributed by atoms with E-state index in [-0.39, 0.29) is 29.6 Å². The minimum atomic E-state index is -1.30. The molecule has 0 aliphatic carbocycles. The zero-order valence-corrected chi connectivity index (χ0v) is 7.95. The number of nitrogens with two attached hydrogens (primary N) is 2. The molecule has 6 heteroatoms. The molecule has 1 rings (SSSR count). The van der Waals surface area contributed by atoms with Crippen molar-refractivity contribution in [3.8, 4) is 0 Å². The van der Waals surface area contributed by atoms with Crippen LogP contribution in [-0.2, 0) is 0 Å². The van der Waals surface area contributed by atoms with Crippen LogP contribution in [0.15, 0.2) is 29.3 Å². The number of aliphatic imine (C=N–C) groups is 1. The molecule has 0 saturated heterocycles. The number of hydrogen-bond acceptors (Lipinski definition) is 3. The highest BCUT2D eigenvalue weighted by Gasteiger charge is 2.00. The van der Waals surface area contributed by atoms with Gasteiger partial charge in [-0.1, -0.05) is 18.2 Å². The van der Waals surface area contributed by atoms with E-state index in [9.17, 15) is 9.90 Å². The maximum Gasteiger partial charge on any atom is 0.191 e. The average molecular weight is 215 g/mol. The fourth-order valence-electron chi connectivity index (χ4n) is 0.883. The Kier molecular flexibility index (Phi) is 4.45. The number of carboxylic acids is 1. The Bertz CT molecular complexity index is 361. The second-order valence-corrected chi connectivity index (χ2v) is 2.34. The van der Waals surface area contributed by atoms with Crippen LogP contribution < -0.4 is 16.6 Å². The summed E-state index contributed by atoms with van der Waals surface area (Å²) < 4.78 is 0. The first-order valence-corrected chi connectivity index (χ1v) is 3.51. The number of aromatic carboxylic acids is 1. The SMILES string of the molecule is Cl.NC(N)=Nc1ccccc1C(=O)[O-]. The lowest BCUT2D eigenvalue weighted by Crippen LogP contribution is -2.24. The van der Waals surface area contributed by atoms with Crippen molar-refractivity contribution in [1.29, 1.82) is 0 Å². The summed E-state index contributed by atoms with van der Waals surface area (Å²) in [5, 5.41) is 10.5. The van der Waals surface area contributed by atoms with Crippen molar-refractivity contribution in [2.24, 2.45) is 16.5 Å².